The molecule has 0 N–H and O–H groups in total. The molecule has 0 aliphatic rings. The van der Waals surface area contributed by atoms with Gasteiger partial charge >= 0.3 is 0 Å². The molecule has 0 saturated carbocycles. The van der Waals surface area contributed by atoms with Crippen LogP contribution in [0.5, 0.6) is 0 Å². The highest BCUT2D eigenvalue weighted by Crippen LogP contribution is 2.12. The molecule has 0 radical (unpaired) electrons. The van der Waals surface area contributed by atoms with E-state index < -0.39 is 0 Å². The number of rotatable bonds is 3. The Kier molecular flexibility index (Phi) is 2.53. The topological polar surface area (TPSA) is 13.1 Å². The number of hydrogen-bond acceptors (Lipinski definition) is 1. The van der Waals surface area contributed by atoms with E-state index in [1.807, 2.05) is 12.1 Å². The molecule has 0 bridgehead atoms. The van der Waals surface area contributed by atoms with Gasteiger partial charge in [0.2, 0.25) is 0 Å². The largest absolute Gasteiger partial charge is 0.462 e. The summed E-state index contributed by atoms with van der Waals surface area (Å²) in [5, 5.41) is 0. The quantitative estimate of drug-likeness (QED) is 0.645. The zero-order chi connectivity index (χ0) is 8.27. The van der Waals surface area contributed by atoms with Gasteiger partial charge in [-0.15, -0.1) is 0 Å². The van der Waals surface area contributed by atoms with E-state index in [4.69, 9.17) is 4.42 Å². The highest BCUT2D eigenvalue weighted by molar-refractivity contribution is 5.39. The minimum absolute atomic E-state index is 0.652. The molecular formula is C10H14O. The van der Waals surface area contributed by atoms with E-state index in [1.165, 1.54) is 0 Å². The first kappa shape index (κ1) is 8.12. The predicted octanol–water partition coefficient (Wildman–Crippen LogP) is 3.12. The minimum Gasteiger partial charge on any atom is -0.462 e. The fourth-order valence-corrected chi connectivity index (χ4v) is 1.02. The van der Waals surface area contributed by atoms with Gasteiger partial charge in [0.25, 0.3) is 0 Å². The number of hydrogen-bond donors (Lipinski definition) is 0. The lowest BCUT2D eigenvalue weighted by Gasteiger charge is -1.98. The van der Waals surface area contributed by atoms with Crippen LogP contribution in [0.3, 0.4) is 0 Å². The lowest BCUT2D eigenvalue weighted by Crippen LogP contribution is -1.90. The third kappa shape index (κ3) is 2.26. The zero-order valence-corrected chi connectivity index (χ0v) is 7.13. The molecule has 0 spiro atoms. The van der Waals surface area contributed by atoms with Crippen molar-refractivity contribution in [2.24, 2.45) is 5.92 Å². The van der Waals surface area contributed by atoms with Crippen molar-refractivity contribution in [3.8, 4) is 0 Å². The van der Waals surface area contributed by atoms with Gasteiger partial charge < -0.3 is 4.42 Å². The maximum absolute atomic E-state index is 5.43. The van der Waals surface area contributed by atoms with E-state index in [2.05, 4.69) is 20.4 Å². The van der Waals surface area contributed by atoms with Gasteiger partial charge in [-0.05, 0) is 24.1 Å². The molecule has 0 aromatic carbocycles. The van der Waals surface area contributed by atoms with E-state index in [1.54, 1.807) is 6.08 Å². The van der Waals surface area contributed by atoms with E-state index in [9.17, 15) is 0 Å². The molecule has 1 nitrogen and oxygen atoms in total. The summed E-state index contributed by atoms with van der Waals surface area (Å²) >= 11 is 0. The van der Waals surface area contributed by atoms with Gasteiger partial charge in [0.15, 0.2) is 0 Å². The Bertz CT molecular complexity index is 233. The van der Waals surface area contributed by atoms with Crippen LogP contribution in [0.4, 0.5) is 0 Å². The van der Waals surface area contributed by atoms with Crippen molar-refractivity contribution in [2.45, 2.75) is 20.3 Å². The fourth-order valence-electron chi connectivity index (χ4n) is 1.02. The smallest absolute Gasteiger partial charge is 0.126 e. The SMILES string of the molecule is C=Cc1ccc(CC(C)C)o1. The summed E-state index contributed by atoms with van der Waals surface area (Å²) < 4.78 is 5.43. The van der Waals surface area contributed by atoms with Crippen LogP contribution in [0, 0.1) is 5.92 Å². The van der Waals surface area contributed by atoms with Crippen molar-refractivity contribution in [3.05, 3.63) is 30.2 Å². The van der Waals surface area contributed by atoms with E-state index >= 15 is 0 Å². The van der Waals surface area contributed by atoms with Crippen LogP contribution >= 0.6 is 0 Å². The molecule has 0 aliphatic carbocycles. The summed E-state index contributed by atoms with van der Waals surface area (Å²) in [5.74, 6) is 2.56. The van der Waals surface area contributed by atoms with Crippen LogP contribution in [0.25, 0.3) is 6.08 Å². The zero-order valence-electron chi connectivity index (χ0n) is 7.13. The second-order valence-corrected chi connectivity index (χ2v) is 3.11. The first-order valence-electron chi connectivity index (χ1n) is 3.93. The third-order valence-electron chi connectivity index (χ3n) is 1.49. The van der Waals surface area contributed by atoms with Gasteiger partial charge in [-0.1, -0.05) is 20.4 Å². The maximum Gasteiger partial charge on any atom is 0.126 e. The molecule has 1 heterocycles. The highest BCUT2D eigenvalue weighted by Gasteiger charge is 2.01. The molecule has 1 aromatic heterocycles. The second kappa shape index (κ2) is 3.42. The van der Waals surface area contributed by atoms with Gasteiger partial charge in [-0.2, -0.15) is 0 Å². The molecule has 1 heteroatoms. The Hall–Kier alpha value is -0.980. The van der Waals surface area contributed by atoms with Gasteiger partial charge in [-0.25, -0.2) is 0 Å². The summed E-state index contributed by atoms with van der Waals surface area (Å²) in [7, 11) is 0. The molecule has 1 rings (SSSR count). The summed E-state index contributed by atoms with van der Waals surface area (Å²) in [6, 6.07) is 3.96. The van der Waals surface area contributed by atoms with Crippen molar-refractivity contribution in [3.63, 3.8) is 0 Å². The van der Waals surface area contributed by atoms with Gasteiger partial charge in [0.1, 0.15) is 11.5 Å². The summed E-state index contributed by atoms with van der Waals surface area (Å²) in [5.41, 5.74) is 0. The van der Waals surface area contributed by atoms with Crippen molar-refractivity contribution in [1.82, 2.24) is 0 Å². The standard InChI is InChI=1S/C10H14O/c1-4-9-5-6-10(11-9)7-8(2)3/h4-6,8H,1,7H2,2-3H3. The number of furan rings is 1. The molecule has 0 fully saturated rings. The second-order valence-electron chi connectivity index (χ2n) is 3.11. The predicted molar refractivity (Wildman–Crippen MR) is 47.3 cm³/mol. The van der Waals surface area contributed by atoms with Crippen molar-refractivity contribution in [2.75, 3.05) is 0 Å². The van der Waals surface area contributed by atoms with Gasteiger partial charge in [-0.3, -0.25) is 0 Å². The van der Waals surface area contributed by atoms with Crippen LogP contribution in [-0.4, -0.2) is 0 Å². The van der Waals surface area contributed by atoms with E-state index in [0.717, 1.165) is 17.9 Å². The van der Waals surface area contributed by atoms with Crippen LogP contribution in [0.2, 0.25) is 0 Å². The summed E-state index contributed by atoms with van der Waals surface area (Å²) in [6.07, 6.45) is 2.73. The maximum atomic E-state index is 5.43. The molecule has 0 aliphatic heterocycles. The van der Waals surface area contributed by atoms with E-state index in [0.29, 0.717) is 5.92 Å². The Labute approximate surface area is 67.7 Å². The van der Waals surface area contributed by atoms with Crippen LogP contribution < -0.4 is 0 Å². The third-order valence-corrected chi connectivity index (χ3v) is 1.49. The monoisotopic (exact) mass is 150 g/mol. The Morgan fingerprint density at radius 2 is 2.27 bits per heavy atom. The summed E-state index contributed by atoms with van der Waals surface area (Å²) in [4.78, 5) is 0. The average molecular weight is 150 g/mol. The Balaban J connectivity index is 2.65. The molecule has 0 saturated heterocycles. The van der Waals surface area contributed by atoms with E-state index in [-0.39, 0.29) is 0 Å². The molecule has 1 aromatic rings. The Morgan fingerprint density at radius 1 is 1.55 bits per heavy atom. The molecular weight excluding hydrogens is 136 g/mol. The fraction of sp³-hybridized carbons (Fsp3) is 0.400. The van der Waals surface area contributed by atoms with Crippen LogP contribution in [-0.2, 0) is 6.42 Å². The first-order valence-corrected chi connectivity index (χ1v) is 3.93. The van der Waals surface area contributed by atoms with Crippen LogP contribution in [0.15, 0.2) is 23.1 Å². The van der Waals surface area contributed by atoms with Gasteiger partial charge in [0, 0.05) is 6.42 Å². The van der Waals surface area contributed by atoms with Crippen molar-refractivity contribution < 1.29 is 4.42 Å². The summed E-state index contributed by atoms with van der Waals surface area (Å²) in [6.45, 7) is 7.98. The minimum atomic E-state index is 0.652. The lowest BCUT2D eigenvalue weighted by molar-refractivity contribution is 0.466. The van der Waals surface area contributed by atoms with Gasteiger partial charge in [0.05, 0.1) is 0 Å². The van der Waals surface area contributed by atoms with Crippen molar-refractivity contribution in [1.29, 1.82) is 0 Å². The first-order chi connectivity index (χ1) is 5.22. The molecule has 11 heavy (non-hydrogen) atoms. The average Bonchev–Trinajstić information content (AvgIpc) is 2.34. The highest BCUT2D eigenvalue weighted by atomic mass is 16.3. The normalized spacial score (nSPS) is 10.5. The lowest BCUT2D eigenvalue weighted by atomic mass is 10.1. The molecule has 60 valence electrons. The molecule has 0 amide bonds. The van der Waals surface area contributed by atoms with Crippen LogP contribution in [0.1, 0.15) is 25.4 Å². The molecule has 0 unspecified atom stereocenters. The Morgan fingerprint density at radius 3 is 2.73 bits per heavy atom. The molecule has 0 atom stereocenters. The van der Waals surface area contributed by atoms with Crippen molar-refractivity contribution >= 4 is 6.08 Å².